The van der Waals surface area contributed by atoms with Gasteiger partial charge in [0, 0.05) is 0 Å². The molecule has 0 aliphatic rings. The van der Waals surface area contributed by atoms with Gasteiger partial charge in [-0.15, -0.1) is 0 Å². The molecule has 0 amide bonds. The maximum Gasteiger partial charge on any atom is 0.335 e. The first-order chi connectivity index (χ1) is 6.58. The van der Waals surface area contributed by atoms with Crippen LogP contribution in [0.3, 0.4) is 0 Å². The predicted molar refractivity (Wildman–Crippen MR) is 51.3 cm³/mol. The summed E-state index contributed by atoms with van der Waals surface area (Å²) in [6.07, 6.45) is 0. The van der Waals surface area contributed by atoms with Crippen molar-refractivity contribution >= 4 is 10.1 Å². The van der Waals surface area contributed by atoms with Gasteiger partial charge in [-0.25, -0.2) is 0 Å². The van der Waals surface area contributed by atoms with Gasteiger partial charge in [0.1, 0.15) is 12.4 Å². The topological polar surface area (TPSA) is 63.6 Å². The Balaban J connectivity index is 2.46. The zero-order chi connectivity index (χ0) is 10.4. The van der Waals surface area contributed by atoms with Crippen LogP contribution in [0.4, 0.5) is 0 Å². The lowest BCUT2D eigenvalue weighted by Gasteiger charge is -1.98. The van der Waals surface area contributed by atoms with E-state index in [2.05, 4.69) is 5.92 Å². The van der Waals surface area contributed by atoms with Crippen molar-refractivity contribution in [1.29, 1.82) is 0 Å². The molecule has 0 fully saturated rings. The number of hydrogen-bond donors (Lipinski definition) is 1. The lowest BCUT2D eigenvalue weighted by atomic mass is 10.3. The molecule has 0 radical (unpaired) electrons. The summed E-state index contributed by atoms with van der Waals surface area (Å²) < 4.78 is 33.6. The third kappa shape index (κ3) is 4.50. The van der Waals surface area contributed by atoms with Gasteiger partial charge in [0.05, 0.1) is 5.25 Å². The number of rotatable bonds is 2. The predicted octanol–water partition coefficient (Wildman–Crippen LogP) is 0.914. The van der Waals surface area contributed by atoms with Gasteiger partial charge in [-0.05, 0) is 18.1 Å². The average Bonchev–Trinajstić information content (AvgIpc) is 2.13. The minimum Gasteiger partial charge on any atom is -0.481 e. The van der Waals surface area contributed by atoms with Crippen molar-refractivity contribution in [2.75, 3.05) is 6.61 Å². The number of para-hydroxylation sites is 1. The van der Waals surface area contributed by atoms with Crippen LogP contribution in [0.1, 0.15) is 0 Å². The highest BCUT2D eigenvalue weighted by Gasteiger charge is 1.93. The molecule has 0 aliphatic heterocycles. The Morgan fingerprint density at radius 3 is 2.50 bits per heavy atom. The number of benzene rings is 1. The highest BCUT2D eigenvalue weighted by Crippen LogP contribution is 2.07. The highest BCUT2D eigenvalue weighted by atomic mass is 32.2. The molecule has 0 heterocycles. The van der Waals surface area contributed by atoms with Crippen molar-refractivity contribution in [3.05, 3.63) is 30.3 Å². The van der Waals surface area contributed by atoms with Crippen molar-refractivity contribution in [1.82, 2.24) is 0 Å². The molecular formula is C9H8O4S. The van der Waals surface area contributed by atoms with Gasteiger partial charge < -0.3 is 4.74 Å². The molecule has 14 heavy (non-hydrogen) atoms. The molecule has 1 aromatic rings. The average molecular weight is 212 g/mol. The molecule has 0 saturated heterocycles. The van der Waals surface area contributed by atoms with E-state index in [-0.39, 0.29) is 6.61 Å². The first-order valence-corrected chi connectivity index (χ1v) is 5.17. The largest absolute Gasteiger partial charge is 0.481 e. The first kappa shape index (κ1) is 10.6. The summed E-state index contributed by atoms with van der Waals surface area (Å²) in [5.74, 6) is 2.76. The Labute approximate surface area is 82.3 Å². The zero-order valence-electron chi connectivity index (χ0n) is 7.17. The molecule has 0 atom stereocenters. The second-order valence-corrected chi connectivity index (χ2v) is 3.51. The van der Waals surface area contributed by atoms with Gasteiger partial charge in [0.15, 0.2) is 0 Å². The molecule has 1 N–H and O–H groups in total. The van der Waals surface area contributed by atoms with Crippen LogP contribution < -0.4 is 4.74 Å². The Kier molecular flexibility index (Phi) is 3.51. The van der Waals surface area contributed by atoms with Crippen molar-refractivity contribution in [2.24, 2.45) is 0 Å². The molecule has 0 aliphatic carbocycles. The van der Waals surface area contributed by atoms with Crippen LogP contribution in [0.25, 0.3) is 0 Å². The summed E-state index contributed by atoms with van der Waals surface area (Å²) in [5, 5.41) is 1.64. The summed E-state index contributed by atoms with van der Waals surface area (Å²) in [7, 11) is -4.22. The van der Waals surface area contributed by atoms with Crippen LogP contribution in [0.15, 0.2) is 30.3 Å². The van der Waals surface area contributed by atoms with E-state index in [0.717, 1.165) is 0 Å². The van der Waals surface area contributed by atoms with Gasteiger partial charge in [0.2, 0.25) is 0 Å². The van der Waals surface area contributed by atoms with Gasteiger partial charge >= 0.3 is 10.1 Å². The van der Waals surface area contributed by atoms with Crippen LogP contribution in [0.2, 0.25) is 0 Å². The molecule has 0 bridgehead atoms. The molecule has 4 nitrogen and oxygen atoms in total. The van der Waals surface area contributed by atoms with Crippen molar-refractivity contribution < 1.29 is 17.7 Å². The minimum atomic E-state index is -4.22. The Morgan fingerprint density at radius 1 is 1.29 bits per heavy atom. The molecule has 0 unspecified atom stereocenters. The molecule has 1 aromatic carbocycles. The van der Waals surface area contributed by atoms with Gasteiger partial charge in [-0.3, -0.25) is 4.55 Å². The van der Waals surface area contributed by atoms with E-state index in [9.17, 15) is 8.42 Å². The molecule has 1 rings (SSSR count). The van der Waals surface area contributed by atoms with Gasteiger partial charge in [-0.1, -0.05) is 18.2 Å². The standard InChI is InChI=1S/C9H8O4S/c10-14(11,12)8-4-7-13-9-5-2-1-3-6-9/h1-3,5-6H,7H2,(H,10,11,12). The van der Waals surface area contributed by atoms with E-state index < -0.39 is 10.1 Å². The first-order valence-electron chi connectivity index (χ1n) is 3.73. The number of ether oxygens (including phenoxy) is 1. The Bertz CT molecular complexity index is 439. The van der Waals surface area contributed by atoms with Crippen LogP contribution >= 0.6 is 0 Å². The lowest BCUT2D eigenvalue weighted by molar-refractivity contribution is 0.370. The van der Waals surface area contributed by atoms with Crippen LogP contribution in [0.5, 0.6) is 5.75 Å². The van der Waals surface area contributed by atoms with E-state index >= 15 is 0 Å². The number of hydrogen-bond acceptors (Lipinski definition) is 3. The summed E-state index contributed by atoms with van der Waals surface area (Å²) in [5.41, 5.74) is 0. The fraction of sp³-hybridized carbons (Fsp3) is 0.111. The molecule has 0 saturated carbocycles. The van der Waals surface area contributed by atoms with Crippen molar-refractivity contribution in [2.45, 2.75) is 0 Å². The second-order valence-electron chi connectivity index (χ2n) is 2.36. The summed E-state index contributed by atoms with van der Waals surface area (Å²) >= 11 is 0. The summed E-state index contributed by atoms with van der Waals surface area (Å²) in [4.78, 5) is 0. The van der Waals surface area contributed by atoms with E-state index in [0.29, 0.717) is 5.75 Å². The maximum absolute atomic E-state index is 10.2. The third-order valence-electron chi connectivity index (χ3n) is 1.26. The molecule has 74 valence electrons. The monoisotopic (exact) mass is 212 g/mol. The van der Waals surface area contributed by atoms with E-state index in [1.807, 2.05) is 6.07 Å². The van der Waals surface area contributed by atoms with Gasteiger partial charge in [-0.2, -0.15) is 8.42 Å². The van der Waals surface area contributed by atoms with E-state index in [4.69, 9.17) is 9.29 Å². The van der Waals surface area contributed by atoms with Crippen LogP contribution in [0, 0.1) is 11.2 Å². The SMILES string of the molecule is O=S(=O)(O)C#CCOc1ccccc1. The minimum absolute atomic E-state index is 0.0796. The van der Waals surface area contributed by atoms with Crippen molar-refractivity contribution in [3.8, 4) is 16.9 Å². The highest BCUT2D eigenvalue weighted by molar-refractivity contribution is 7.90. The summed E-state index contributed by atoms with van der Waals surface area (Å²) in [6, 6.07) is 8.83. The smallest absolute Gasteiger partial charge is 0.335 e. The Morgan fingerprint density at radius 2 is 1.93 bits per heavy atom. The zero-order valence-corrected chi connectivity index (χ0v) is 7.99. The molecular weight excluding hydrogens is 204 g/mol. The summed E-state index contributed by atoms with van der Waals surface area (Å²) in [6.45, 7) is -0.0796. The van der Waals surface area contributed by atoms with Gasteiger partial charge in [0.25, 0.3) is 0 Å². The van der Waals surface area contributed by atoms with Crippen molar-refractivity contribution in [3.63, 3.8) is 0 Å². The van der Waals surface area contributed by atoms with E-state index in [1.165, 1.54) is 0 Å². The second kappa shape index (κ2) is 4.65. The van der Waals surface area contributed by atoms with Crippen LogP contribution in [-0.2, 0) is 10.1 Å². The normalized spacial score (nSPS) is 10.1. The van der Waals surface area contributed by atoms with E-state index in [1.54, 1.807) is 29.5 Å². The quantitative estimate of drug-likeness (QED) is 0.584. The van der Waals surface area contributed by atoms with Crippen LogP contribution in [-0.4, -0.2) is 19.6 Å². The molecule has 5 heteroatoms. The fourth-order valence-corrected chi connectivity index (χ4v) is 0.998. The third-order valence-corrected chi connectivity index (χ3v) is 1.66. The Hall–Kier alpha value is -1.51. The lowest BCUT2D eigenvalue weighted by Crippen LogP contribution is -1.96. The molecule has 0 spiro atoms. The maximum atomic E-state index is 10.2. The molecule has 0 aromatic heterocycles. The fourth-order valence-electron chi connectivity index (χ4n) is 0.757.